The van der Waals surface area contributed by atoms with Gasteiger partial charge in [0.1, 0.15) is 6.61 Å². The van der Waals surface area contributed by atoms with Gasteiger partial charge in [0.2, 0.25) is 17.9 Å². The number of carboxylic acid groups (broad SMARTS) is 1. The number of primary amides is 1. The van der Waals surface area contributed by atoms with E-state index in [1.54, 1.807) is 52.0 Å². The summed E-state index contributed by atoms with van der Waals surface area (Å²) in [5.74, 6) is -7.18. The minimum Gasteiger partial charge on any atom is -0.481 e. The van der Waals surface area contributed by atoms with Gasteiger partial charge in [0.15, 0.2) is 0 Å². The molecule has 0 bridgehead atoms. The van der Waals surface area contributed by atoms with Gasteiger partial charge in [-0.3, -0.25) is 19.2 Å². The Labute approximate surface area is 288 Å². The molecular weight excluding hydrogens is 679 g/mol. The Morgan fingerprint density at radius 1 is 1.14 bits per heavy atom. The van der Waals surface area contributed by atoms with Crippen molar-refractivity contribution in [1.82, 2.24) is 14.9 Å². The van der Waals surface area contributed by atoms with Crippen molar-refractivity contribution in [3.05, 3.63) is 62.9 Å². The fraction of sp³-hybridized carbons (Fsp3) is 0.441. The van der Waals surface area contributed by atoms with Crippen LogP contribution in [0, 0.1) is 11.3 Å². The van der Waals surface area contributed by atoms with Crippen LogP contribution in [0.2, 0.25) is 0 Å². The minimum atomic E-state index is -5.40. The second-order valence-corrected chi connectivity index (χ2v) is 13.2. The van der Waals surface area contributed by atoms with Crippen molar-refractivity contribution < 1.29 is 51.7 Å². The van der Waals surface area contributed by atoms with E-state index < -0.39 is 83.5 Å². The fourth-order valence-electron chi connectivity index (χ4n) is 7.23. The van der Waals surface area contributed by atoms with Gasteiger partial charge in [0.05, 0.1) is 52.4 Å². The van der Waals surface area contributed by atoms with E-state index in [1.165, 1.54) is 10.6 Å². The molecule has 1 aromatic carbocycles. The van der Waals surface area contributed by atoms with Crippen LogP contribution >= 0.6 is 0 Å². The lowest BCUT2D eigenvalue weighted by molar-refractivity contribution is -0.209. The zero-order valence-electron chi connectivity index (χ0n) is 28.1. The molecule has 0 spiro atoms. The molecule has 2 aromatic heterocycles. The van der Waals surface area contributed by atoms with Gasteiger partial charge in [-0.1, -0.05) is 19.9 Å². The first-order chi connectivity index (χ1) is 23.8. The lowest BCUT2D eigenvalue weighted by Crippen LogP contribution is -2.59. The molecule has 6 N–H and O–H groups in total. The van der Waals surface area contributed by atoms with Crippen LogP contribution in [0.25, 0.3) is 22.3 Å². The standard InChI is InChI=1S/C34H36F3N5O9/c1-5-23(32(3,4)30(47)48)33(6-2,41-27(44)20(38)12-24(39)43)17-7-8-21-15(10-17)9-16-13-42-22(25(16)40-21)11-18-19(28(42)45)14-50-29(46)26(18)51-31(49)34(35,36)37/h7-11,20,23,26H,5-6,12-14,38H2,1-4H3,(H2,39,43)(H,41,44)(H,47,48)/t20-,23?,26?,33?/m1/s1. The number of cyclic esters (lactones) is 1. The topological polar surface area (TPSA) is 223 Å². The van der Waals surface area contributed by atoms with Crippen molar-refractivity contribution in [2.24, 2.45) is 22.8 Å². The van der Waals surface area contributed by atoms with Gasteiger partial charge < -0.3 is 35.9 Å². The van der Waals surface area contributed by atoms with Crippen LogP contribution in [-0.4, -0.2) is 56.6 Å². The molecule has 5 rings (SSSR count). The van der Waals surface area contributed by atoms with Crippen LogP contribution in [0.4, 0.5) is 13.2 Å². The van der Waals surface area contributed by atoms with E-state index in [4.69, 9.17) is 21.2 Å². The maximum atomic E-state index is 13.6. The summed E-state index contributed by atoms with van der Waals surface area (Å²) >= 11 is 0. The first kappa shape index (κ1) is 36.9. The smallest absolute Gasteiger partial charge is 0.481 e. The second kappa shape index (κ2) is 13.1. The number of benzene rings is 1. The largest absolute Gasteiger partial charge is 0.490 e. The highest BCUT2D eigenvalue weighted by molar-refractivity contribution is 5.89. The molecule has 2 aliphatic heterocycles. The van der Waals surface area contributed by atoms with Gasteiger partial charge in [-0.25, -0.2) is 14.6 Å². The third-order valence-electron chi connectivity index (χ3n) is 9.81. The van der Waals surface area contributed by atoms with E-state index in [-0.39, 0.29) is 29.8 Å². The van der Waals surface area contributed by atoms with Crippen molar-refractivity contribution in [3.8, 4) is 11.4 Å². The van der Waals surface area contributed by atoms with Gasteiger partial charge in [-0.15, -0.1) is 0 Å². The molecular formula is C34H36F3N5O9. The van der Waals surface area contributed by atoms with E-state index in [1.807, 2.05) is 0 Å². The van der Waals surface area contributed by atoms with Gasteiger partial charge in [0, 0.05) is 22.4 Å². The van der Waals surface area contributed by atoms with E-state index in [2.05, 4.69) is 10.1 Å². The number of carboxylic acids is 1. The normalized spacial score (nSPS) is 17.6. The van der Waals surface area contributed by atoms with Gasteiger partial charge >= 0.3 is 24.1 Å². The number of alkyl halides is 3. The minimum absolute atomic E-state index is 0.00778. The number of aliphatic carboxylic acids is 1. The van der Waals surface area contributed by atoms with Crippen LogP contribution in [0.15, 0.2) is 35.1 Å². The van der Waals surface area contributed by atoms with Crippen LogP contribution < -0.4 is 22.3 Å². The highest BCUT2D eigenvalue weighted by Crippen LogP contribution is 2.47. The van der Waals surface area contributed by atoms with Gasteiger partial charge in [-0.05, 0) is 56.5 Å². The summed E-state index contributed by atoms with van der Waals surface area (Å²) in [6.07, 6.45) is -7.43. The zero-order chi connectivity index (χ0) is 37.8. The molecule has 0 saturated carbocycles. The predicted molar refractivity (Wildman–Crippen MR) is 172 cm³/mol. The molecule has 14 nitrogen and oxygen atoms in total. The number of nitrogens with zero attached hydrogens (tertiary/aromatic N) is 2. The number of ether oxygens (including phenoxy) is 2. The van der Waals surface area contributed by atoms with Crippen molar-refractivity contribution in [2.45, 2.75) is 84.0 Å². The predicted octanol–water partition coefficient (Wildman–Crippen LogP) is 2.69. The van der Waals surface area contributed by atoms with Crippen molar-refractivity contribution in [1.29, 1.82) is 0 Å². The molecule has 17 heteroatoms. The number of nitrogens with one attached hydrogen (secondary N) is 1. The number of amides is 2. The number of fused-ring (bicyclic) bond motifs is 5. The monoisotopic (exact) mass is 715 g/mol. The first-order valence-electron chi connectivity index (χ1n) is 16.0. The van der Waals surface area contributed by atoms with E-state index >= 15 is 0 Å². The van der Waals surface area contributed by atoms with E-state index in [0.29, 0.717) is 34.1 Å². The van der Waals surface area contributed by atoms with E-state index in [0.717, 1.165) is 0 Å². The summed E-state index contributed by atoms with van der Waals surface area (Å²) in [5.41, 5.74) is 9.47. The summed E-state index contributed by atoms with van der Waals surface area (Å²) in [5, 5.41) is 13.8. The quantitative estimate of drug-likeness (QED) is 0.165. The lowest BCUT2D eigenvalue weighted by atomic mass is 9.62. The number of aromatic nitrogens is 2. The molecule has 0 fully saturated rings. The average Bonchev–Trinajstić information content (AvgIpc) is 3.41. The summed E-state index contributed by atoms with van der Waals surface area (Å²) in [7, 11) is 0. The molecule has 4 heterocycles. The molecule has 2 amide bonds. The zero-order valence-corrected chi connectivity index (χ0v) is 28.1. The van der Waals surface area contributed by atoms with Crippen molar-refractivity contribution >= 4 is 40.6 Å². The average molecular weight is 716 g/mol. The molecule has 3 aromatic rings. The highest BCUT2D eigenvalue weighted by Gasteiger charge is 2.51. The molecule has 51 heavy (non-hydrogen) atoms. The number of nitrogens with two attached hydrogens (primary N) is 2. The Hall–Kier alpha value is -5.32. The third kappa shape index (κ3) is 6.41. The van der Waals surface area contributed by atoms with Crippen molar-refractivity contribution in [3.63, 3.8) is 0 Å². The molecule has 0 saturated heterocycles. The second-order valence-electron chi connectivity index (χ2n) is 13.2. The summed E-state index contributed by atoms with van der Waals surface area (Å²) in [4.78, 5) is 79.9. The Kier molecular flexibility index (Phi) is 9.49. The fourth-order valence-corrected chi connectivity index (χ4v) is 7.23. The number of rotatable bonds is 11. The molecule has 0 aliphatic carbocycles. The van der Waals surface area contributed by atoms with Crippen LogP contribution in [0.1, 0.15) is 75.3 Å². The number of halogens is 3. The SMILES string of the molecule is CCC(C(C)(C)C(=O)O)C(CC)(NC(=O)[C@H](N)CC(N)=O)c1ccc2nc3c(cc2c1)Cn1c-3cc2c(c1=O)COC(=O)C2OC(=O)C(F)(F)F. The lowest BCUT2D eigenvalue weighted by Gasteiger charge is -2.47. The summed E-state index contributed by atoms with van der Waals surface area (Å²) in [6.45, 7) is 6.14. The number of carbonyl (C=O) groups is 5. The first-order valence-corrected chi connectivity index (χ1v) is 16.0. The molecule has 3 unspecified atom stereocenters. The number of carbonyl (C=O) groups excluding carboxylic acids is 4. The number of hydrogen-bond donors (Lipinski definition) is 4. The Morgan fingerprint density at radius 2 is 1.82 bits per heavy atom. The molecule has 272 valence electrons. The maximum Gasteiger partial charge on any atom is 0.490 e. The van der Waals surface area contributed by atoms with Crippen LogP contribution in [0.5, 0.6) is 0 Å². The number of hydrogen-bond acceptors (Lipinski definition) is 10. The third-order valence-corrected chi connectivity index (χ3v) is 9.81. The molecule has 4 atom stereocenters. The number of pyridine rings is 2. The van der Waals surface area contributed by atoms with Crippen LogP contribution in [-0.2, 0) is 52.1 Å². The molecule has 0 radical (unpaired) electrons. The maximum absolute atomic E-state index is 13.6. The molecule has 2 aliphatic rings. The summed E-state index contributed by atoms with van der Waals surface area (Å²) in [6, 6.07) is 6.77. The van der Waals surface area contributed by atoms with Gasteiger partial charge in [-0.2, -0.15) is 13.2 Å². The van der Waals surface area contributed by atoms with Crippen molar-refractivity contribution in [2.75, 3.05) is 0 Å². The number of esters is 2. The van der Waals surface area contributed by atoms with E-state index in [9.17, 15) is 47.0 Å². The highest BCUT2D eigenvalue weighted by atomic mass is 19.4. The summed E-state index contributed by atoms with van der Waals surface area (Å²) < 4.78 is 49.7. The Morgan fingerprint density at radius 3 is 2.41 bits per heavy atom. The Bertz CT molecular complexity index is 2040. The van der Waals surface area contributed by atoms with Crippen LogP contribution in [0.3, 0.4) is 0 Å². The van der Waals surface area contributed by atoms with Gasteiger partial charge in [0.25, 0.3) is 5.56 Å². The Balaban J connectivity index is 1.63.